The van der Waals surface area contributed by atoms with Crippen LogP contribution >= 0.6 is 0 Å². The first-order valence-electron chi connectivity index (χ1n) is 9.38. The molecule has 1 unspecified atom stereocenters. The zero-order valence-corrected chi connectivity index (χ0v) is 15.9. The molecule has 0 amide bonds. The molecule has 0 fully saturated rings. The Morgan fingerprint density at radius 2 is 1.67 bits per heavy atom. The average Bonchev–Trinajstić information content (AvgIpc) is 3.14. The van der Waals surface area contributed by atoms with Gasteiger partial charge in [0.1, 0.15) is 0 Å². The Balaban J connectivity index is 1.68. The average molecular weight is 364 g/mol. The van der Waals surface area contributed by atoms with Gasteiger partial charge in [0.2, 0.25) is 0 Å². The summed E-state index contributed by atoms with van der Waals surface area (Å²) in [6, 6.07) is 24.5. The highest BCUT2D eigenvalue weighted by molar-refractivity contribution is 5.19. The quantitative estimate of drug-likeness (QED) is 0.596. The van der Waals surface area contributed by atoms with Gasteiger partial charge in [-0.3, -0.25) is 4.90 Å². The van der Waals surface area contributed by atoms with E-state index in [1.54, 1.807) is 7.11 Å². The van der Waals surface area contributed by atoms with Crippen LogP contribution < -0.4 is 0 Å². The van der Waals surface area contributed by atoms with Crippen LogP contribution in [0.25, 0.3) is 0 Å². The monoisotopic (exact) mass is 364 g/mol. The number of rotatable bonds is 10. The molecule has 3 aromatic rings. The lowest BCUT2D eigenvalue weighted by Crippen LogP contribution is -2.32. The summed E-state index contributed by atoms with van der Waals surface area (Å²) >= 11 is 0. The van der Waals surface area contributed by atoms with Crippen LogP contribution in [0.1, 0.15) is 22.9 Å². The minimum absolute atomic E-state index is 0.513. The van der Waals surface area contributed by atoms with E-state index in [0.717, 1.165) is 25.2 Å². The van der Waals surface area contributed by atoms with Gasteiger partial charge < -0.3 is 14.4 Å². The van der Waals surface area contributed by atoms with Gasteiger partial charge in [-0.25, -0.2) is 0 Å². The molecule has 0 aliphatic rings. The minimum Gasteiger partial charge on any atom is -0.387 e. The molecule has 0 saturated carbocycles. The molecule has 0 saturated heterocycles. The maximum absolute atomic E-state index is 10.6. The van der Waals surface area contributed by atoms with Crippen molar-refractivity contribution in [1.29, 1.82) is 0 Å². The highest BCUT2D eigenvalue weighted by Gasteiger charge is 2.15. The second-order valence-corrected chi connectivity index (χ2v) is 6.77. The highest BCUT2D eigenvalue weighted by Crippen LogP contribution is 2.16. The van der Waals surface area contributed by atoms with Crippen LogP contribution in [-0.2, 0) is 17.8 Å². The molecule has 4 nitrogen and oxygen atoms in total. The van der Waals surface area contributed by atoms with Gasteiger partial charge in [0.25, 0.3) is 0 Å². The number of aromatic nitrogens is 1. The van der Waals surface area contributed by atoms with Crippen LogP contribution in [0.4, 0.5) is 0 Å². The van der Waals surface area contributed by atoms with Gasteiger partial charge in [0.05, 0.1) is 12.7 Å². The molecular formula is C23H28N2O2. The Kier molecular flexibility index (Phi) is 7.22. The topological polar surface area (TPSA) is 37.6 Å². The molecule has 2 aromatic carbocycles. The molecule has 0 bridgehead atoms. The zero-order valence-electron chi connectivity index (χ0n) is 15.9. The van der Waals surface area contributed by atoms with E-state index in [2.05, 4.69) is 52.1 Å². The molecule has 1 heterocycles. The van der Waals surface area contributed by atoms with E-state index in [4.69, 9.17) is 4.74 Å². The van der Waals surface area contributed by atoms with Gasteiger partial charge in [-0.2, -0.15) is 0 Å². The molecule has 1 N–H and O–H groups in total. The van der Waals surface area contributed by atoms with E-state index in [1.807, 2.05) is 36.4 Å². The first-order chi connectivity index (χ1) is 13.3. The Hall–Kier alpha value is -2.40. The van der Waals surface area contributed by atoms with Crippen molar-refractivity contribution in [2.45, 2.75) is 19.2 Å². The number of methoxy groups -OCH3 is 1. The molecule has 27 heavy (non-hydrogen) atoms. The fourth-order valence-corrected chi connectivity index (χ4v) is 3.24. The summed E-state index contributed by atoms with van der Waals surface area (Å²) in [4.78, 5) is 2.25. The molecule has 1 atom stereocenters. The Bertz CT molecular complexity index is 786. The fraction of sp³-hybridized carbons (Fsp3) is 0.304. The smallest absolute Gasteiger partial charge is 0.0917 e. The second kappa shape index (κ2) is 10.1. The van der Waals surface area contributed by atoms with Crippen molar-refractivity contribution in [2.75, 3.05) is 26.8 Å². The van der Waals surface area contributed by atoms with Crippen LogP contribution in [-0.4, -0.2) is 41.4 Å². The number of aliphatic hydroxyl groups is 1. The van der Waals surface area contributed by atoms with Gasteiger partial charge in [-0.1, -0.05) is 60.7 Å². The van der Waals surface area contributed by atoms with E-state index >= 15 is 0 Å². The first-order valence-corrected chi connectivity index (χ1v) is 9.38. The summed E-state index contributed by atoms with van der Waals surface area (Å²) in [6.45, 7) is 3.61. The van der Waals surface area contributed by atoms with Crippen molar-refractivity contribution in [3.8, 4) is 0 Å². The van der Waals surface area contributed by atoms with Crippen molar-refractivity contribution in [3.63, 3.8) is 0 Å². The van der Waals surface area contributed by atoms with Gasteiger partial charge in [0.15, 0.2) is 0 Å². The molecular weight excluding hydrogens is 336 g/mol. The van der Waals surface area contributed by atoms with Crippen LogP contribution in [0, 0.1) is 0 Å². The minimum atomic E-state index is -0.513. The molecule has 0 aliphatic carbocycles. The summed E-state index contributed by atoms with van der Waals surface area (Å²) in [5, 5.41) is 10.6. The Labute approximate surface area is 161 Å². The lowest BCUT2D eigenvalue weighted by atomic mass is 10.1. The van der Waals surface area contributed by atoms with Gasteiger partial charge in [0, 0.05) is 45.2 Å². The third-order valence-corrected chi connectivity index (χ3v) is 4.73. The third kappa shape index (κ3) is 5.79. The van der Waals surface area contributed by atoms with Crippen LogP contribution in [0.3, 0.4) is 0 Å². The van der Waals surface area contributed by atoms with Crippen molar-refractivity contribution in [3.05, 3.63) is 95.8 Å². The Morgan fingerprint density at radius 3 is 2.37 bits per heavy atom. The SMILES string of the molecule is COCCN(Cc1cccn1Cc1ccccc1)CC(O)c1ccccc1. The van der Waals surface area contributed by atoms with Crippen molar-refractivity contribution in [2.24, 2.45) is 0 Å². The van der Waals surface area contributed by atoms with E-state index in [9.17, 15) is 5.11 Å². The lowest BCUT2D eigenvalue weighted by molar-refractivity contribution is 0.0837. The normalized spacial score (nSPS) is 12.4. The molecule has 1 aromatic heterocycles. The summed E-state index contributed by atoms with van der Waals surface area (Å²) in [5.41, 5.74) is 3.46. The number of benzene rings is 2. The fourth-order valence-electron chi connectivity index (χ4n) is 3.24. The van der Waals surface area contributed by atoms with Crippen LogP contribution in [0.2, 0.25) is 0 Å². The molecule has 0 aliphatic heterocycles. The molecule has 3 rings (SSSR count). The highest BCUT2D eigenvalue weighted by atomic mass is 16.5. The maximum atomic E-state index is 10.6. The van der Waals surface area contributed by atoms with Crippen molar-refractivity contribution in [1.82, 2.24) is 9.47 Å². The molecule has 0 radical (unpaired) electrons. The largest absolute Gasteiger partial charge is 0.387 e. The van der Waals surface area contributed by atoms with Crippen molar-refractivity contribution < 1.29 is 9.84 Å². The lowest BCUT2D eigenvalue weighted by Gasteiger charge is -2.25. The number of aliphatic hydroxyl groups excluding tert-OH is 1. The van der Waals surface area contributed by atoms with E-state index in [0.29, 0.717) is 13.2 Å². The first kappa shape index (κ1) is 19.4. The summed E-state index contributed by atoms with van der Waals surface area (Å²) in [5.74, 6) is 0. The number of nitrogens with zero attached hydrogens (tertiary/aromatic N) is 2. The van der Waals surface area contributed by atoms with Gasteiger partial charge in [-0.05, 0) is 23.3 Å². The van der Waals surface area contributed by atoms with E-state index in [-0.39, 0.29) is 0 Å². The number of hydrogen-bond acceptors (Lipinski definition) is 3. The van der Waals surface area contributed by atoms with Crippen LogP contribution in [0.15, 0.2) is 79.0 Å². The number of hydrogen-bond donors (Lipinski definition) is 1. The second-order valence-electron chi connectivity index (χ2n) is 6.77. The van der Waals surface area contributed by atoms with Gasteiger partial charge >= 0.3 is 0 Å². The molecule has 0 spiro atoms. The molecule has 4 heteroatoms. The number of ether oxygens (including phenoxy) is 1. The Morgan fingerprint density at radius 1 is 0.963 bits per heavy atom. The third-order valence-electron chi connectivity index (χ3n) is 4.73. The summed E-state index contributed by atoms with van der Waals surface area (Å²) < 4.78 is 7.54. The predicted octanol–water partition coefficient (Wildman–Crippen LogP) is 3.72. The predicted molar refractivity (Wildman–Crippen MR) is 109 cm³/mol. The van der Waals surface area contributed by atoms with Gasteiger partial charge in [-0.15, -0.1) is 0 Å². The summed E-state index contributed by atoms with van der Waals surface area (Å²) in [6.07, 6.45) is 1.60. The maximum Gasteiger partial charge on any atom is 0.0917 e. The van der Waals surface area contributed by atoms with E-state index in [1.165, 1.54) is 11.3 Å². The summed E-state index contributed by atoms with van der Waals surface area (Å²) in [7, 11) is 1.71. The van der Waals surface area contributed by atoms with Crippen LogP contribution in [0.5, 0.6) is 0 Å². The zero-order chi connectivity index (χ0) is 18.9. The standard InChI is InChI=1S/C23H28N2O2/c1-27-16-15-24(19-23(26)21-11-6-3-7-12-21)18-22-13-8-14-25(22)17-20-9-4-2-5-10-20/h2-14,23,26H,15-19H2,1H3. The molecule has 142 valence electrons. The van der Waals surface area contributed by atoms with Crippen molar-refractivity contribution >= 4 is 0 Å². The van der Waals surface area contributed by atoms with E-state index < -0.39 is 6.10 Å².